The first-order valence-electron chi connectivity index (χ1n) is 8.06. The van der Waals surface area contributed by atoms with Gasteiger partial charge in [0.2, 0.25) is 5.76 Å². The van der Waals surface area contributed by atoms with Crippen LogP contribution in [0.2, 0.25) is 0 Å². The molecule has 6 nitrogen and oxygen atoms in total. The van der Waals surface area contributed by atoms with Gasteiger partial charge in [-0.1, -0.05) is 35.0 Å². The number of furan rings is 1. The lowest BCUT2D eigenvalue weighted by Gasteiger charge is -2.25. The molecular formula is C19H21N3O3. The van der Waals surface area contributed by atoms with Gasteiger partial charge in [0.15, 0.2) is 11.5 Å². The third kappa shape index (κ3) is 3.97. The Morgan fingerprint density at radius 1 is 1.20 bits per heavy atom. The molecule has 25 heavy (non-hydrogen) atoms. The lowest BCUT2D eigenvalue weighted by Crippen LogP contribution is -2.34. The van der Waals surface area contributed by atoms with Gasteiger partial charge in [-0.25, -0.2) is 0 Å². The zero-order valence-electron chi connectivity index (χ0n) is 14.5. The third-order valence-electron chi connectivity index (χ3n) is 4.05. The molecule has 2 heterocycles. The molecule has 3 rings (SSSR count). The van der Waals surface area contributed by atoms with Crippen molar-refractivity contribution in [1.29, 1.82) is 0 Å². The molecule has 0 aliphatic rings. The van der Waals surface area contributed by atoms with Gasteiger partial charge < -0.3 is 19.2 Å². The highest BCUT2D eigenvalue weighted by Gasteiger charge is 2.18. The quantitative estimate of drug-likeness (QED) is 0.746. The highest BCUT2D eigenvalue weighted by molar-refractivity contribution is 5.92. The lowest BCUT2D eigenvalue weighted by molar-refractivity contribution is 0.0933. The van der Waals surface area contributed by atoms with Crippen LogP contribution in [-0.4, -0.2) is 36.6 Å². The number of hydrogen-bond acceptors (Lipinski definition) is 5. The largest absolute Gasteiger partial charge is 0.461 e. The molecule has 2 aromatic heterocycles. The SMILES string of the molecule is Cc1ccc(C(CNC(=O)c2cc(-c3ccco3)on2)N(C)C)cc1. The number of amides is 1. The van der Waals surface area contributed by atoms with E-state index in [0.29, 0.717) is 18.1 Å². The number of nitrogens with zero attached hydrogens (tertiary/aromatic N) is 2. The van der Waals surface area contributed by atoms with E-state index in [2.05, 4.69) is 46.6 Å². The number of rotatable bonds is 6. The Hall–Kier alpha value is -2.86. The molecule has 0 aliphatic heterocycles. The average Bonchev–Trinajstić information content (AvgIpc) is 3.27. The number of carbonyl (C=O) groups is 1. The molecule has 3 aromatic rings. The van der Waals surface area contributed by atoms with Crippen LogP contribution in [0.3, 0.4) is 0 Å². The van der Waals surface area contributed by atoms with E-state index in [9.17, 15) is 4.79 Å². The second-order valence-electron chi connectivity index (χ2n) is 6.15. The Labute approximate surface area is 146 Å². The first-order chi connectivity index (χ1) is 12.0. The summed E-state index contributed by atoms with van der Waals surface area (Å²) in [6.45, 7) is 2.52. The molecule has 0 spiro atoms. The summed E-state index contributed by atoms with van der Waals surface area (Å²) in [6.07, 6.45) is 1.54. The van der Waals surface area contributed by atoms with Crippen molar-refractivity contribution in [3.63, 3.8) is 0 Å². The van der Waals surface area contributed by atoms with Crippen LogP contribution in [-0.2, 0) is 0 Å². The maximum atomic E-state index is 12.4. The molecule has 0 fully saturated rings. The molecule has 1 N–H and O–H groups in total. The van der Waals surface area contributed by atoms with Crippen molar-refractivity contribution in [2.75, 3.05) is 20.6 Å². The number of carbonyl (C=O) groups excluding carboxylic acids is 1. The number of aryl methyl sites for hydroxylation is 1. The second-order valence-corrected chi connectivity index (χ2v) is 6.15. The van der Waals surface area contributed by atoms with E-state index < -0.39 is 0 Å². The maximum absolute atomic E-state index is 12.4. The van der Waals surface area contributed by atoms with Crippen molar-refractivity contribution in [3.8, 4) is 11.5 Å². The van der Waals surface area contributed by atoms with Crippen LogP contribution in [0.1, 0.15) is 27.7 Å². The summed E-state index contributed by atoms with van der Waals surface area (Å²) in [5.41, 5.74) is 2.58. The van der Waals surface area contributed by atoms with Crippen molar-refractivity contribution < 1.29 is 13.7 Å². The van der Waals surface area contributed by atoms with Crippen LogP contribution in [0.15, 0.2) is 57.7 Å². The standard InChI is InChI=1S/C19H21N3O3/c1-13-6-8-14(9-7-13)16(22(2)3)12-20-19(23)15-11-18(25-21-15)17-5-4-10-24-17/h4-11,16H,12H2,1-3H3,(H,20,23). The number of aromatic nitrogens is 1. The number of benzene rings is 1. The van der Waals surface area contributed by atoms with Crippen LogP contribution in [0.5, 0.6) is 0 Å². The maximum Gasteiger partial charge on any atom is 0.273 e. The van der Waals surface area contributed by atoms with E-state index >= 15 is 0 Å². The number of nitrogens with one attached hydrogen (secondary N) is 1. The van der Waals surface area contributed by atoms with Crippen LogP contribution in [0, 0.1) is 6.92 Å². The van der Waals surface area contributed by atoms with Gasteiger partial charge in [0.1, 0.15) is 0 Å². The van der Waals surface area contributed by atoms with Gasteiger partial charge >= 0.3 is 0 Å². The van der Waals surface area contributed by atoms with Crippen LogP contribution in [0.4, 0.5) is 0 Å². The smallest absolute Gasteiger partial charge is 0.273 e. The fourth-order valence-corrected chi connectivity index (χ4v) is 2.58. The Balaban J connectivity index is 1.66. The van der Waals surface area contributed by atoms with Crippen molar-refractivity contribution in [3.05, 3.63) is 65.5 Å². The molecule has 0 aliphatic carbocycles. The van der Waals surface area contributed by atoms with E-state index in [0.717, 1.165) is 5.56 Å². The minimum atomic E-state index is -0.277. The fourth-order valence-electron chi connectivity index (χ4n) is 2.58. The minimum absolute atomic E-state index is 0.0704. The molecule has 0 saturated carbocycles. The minimum Gasteiger partial charge on any atom is -0.461 e. The van der Waals surface area contributed by atoms with Gasteiger partial charge in [0, 0.05) is 12.6 Å². The van der Waals surface area contributed by atoms with Crippen LogP contribution >= 0.6 is 0 Å². The zero-order valence-corrected chi connectivity index (χ0v) is 14.5. The summed E-state index contributed by atoms with van der Waals surface area (Å²) in [4.78, 5) is 14.4. The topological polar surface area (TPSA) is 71.5 Å². The van der Waals surface area contributed by atoms with Crippen LogP contribution in [0.25, 0.3) is 11.5 Å². The summed E-state index contributed by atoms with van der Waals surface area (Å²) in [7, 11) is 3.98. The fraction of sp³-hybridized carbons (Fsp3) is 0.263. The summed E-state index contributed by atoms with van der Waals surface area (Å²) >= 11 is 0. The molecule has 0 saturated heterocycles. The van der Waals surface area contributed by atoms with E-state index in [1.807, 2.05) is 14.1 Å². The van der Waals surface area contributed by atoms with Gasteiger partial charge in [-0.15, -0.1) is 0 Å². The van der Waals surface area contributed by atoms with Gasteiger partial charge in [0.05, 0.1) is 12.3 Å². The average molecular weight is 339 g/mol. The highest BCUT2D eigenvalue weighted by Crippen LogP contribution is 2.21. The molecular weight excluding hydrogens is 318 g/mol. The first-order valence-corrected chi connectivity index (χ1v) is 8.06. The Morgan fingerprint density at radius 3 is 2.60 bits per heavy atom. The number of likely N-dealkylation sites (N-methyl/N-ethyl adjacent to an activating group) is 1. The van der Waals surface area contributed by atoms with Crippen molar-refractivity contribution in [2.24, 2.45) is 0 Å². The molecule has 1 unspecified atom stereocenters. The van der Waals surface area contributed by atoms with E-state index in [4.69, 9.17) is 8.94 Å². The molecule has 1 aromatic carbocycles. The predicted octanol–water partition coefficient (Wildman–Crippen LogP) is 3.28. The molecule has 6 heteroatoms. The zero-order chi connectivity index (χ0) is 17.8. The highest BCUT2D eigenvalue weighted by atomic mass is 16.5. The van der Waals surface area contributed by atoms with Gasteiger partial charge in [-0.3, -0.25) is 4.79 Å². The predicted molar refractivity (Wildman–Crippen MR) is 94.1 cm³/mol. The van der Waals surface area contributed by atoms with Gasteiger partial charge in [-0.2, -0.15) is 0 Å². The normalized spacial score (nSPS) is 12.3. The third-order valence-corrected chi connectivity index (χ3v) is 4.05. The van der Waals surface area contributed by atoms with E-state index in [1.54, 1.807) is 24.5 Å². The Morgan fingerprint density at radius 2 is 1.96 bits per heavy atom. The molecule has 1 atom stereocenters. The van der Waals surface area contributed by atoms with Crippen molar-refractivity contribution in [1.82, 2.24) is 15.4 Å². The second kappa shape index (κ2) is 7.36. The molecule has 1 amide bonds. The monoisotopic (exact) mass is 339 g/mol. The Bertz CT molecular complexity index is 820. The molecule has 0 bridgehead atoms. The Kier molecular flexibility index (Phi) is 5.00. The summed E-state index contributed by atoms with van der Waals surface area (Å²) in [5, 5.41) is 6.74. The van der Waals surface area contributed by atoms with Crippen LogP contribution < -0.4 is 5.32 Å². The van der Waals surface area contributed by atoms with Crippen molar-refractivity contribution in [2.45, 2.75) is 13.0 Å². The summed E-state index contributed by atoms with van der Waals surface area (Å²) in [6, 6.07) is 13.4. The van der Waals surface area contributed by atoms with Crippen molar-refractivity contribution >= 4 is 5.91 Å². The van der Waals surface area contributed by atoms with E-state index in [-0.39, 0.29) is 17.6 Å². The first kappa shape index (κ1) is 17.0. The summed E-state index contributed by atoms with van der Waals surface area (Å²) < 4.78 is 10.4. The molecule has 130 valence electrons. The van der Waals surface area contributed by atoms with E-state index in [1.165, 1.54) is 5.56 Å². The molecule has 0 radical (unpaired) electrons. The van der Waals surface area contributed by atoms with Gasteiger partial charge in [-0.05, 0) is 38.7 Å². The summed E-state index contributed by atoms with van der Waals surface area (Å²) in [5.74, 6) is 0.690. The van der Waals surface area contributed by atoms with Gasteiger partial charge in [0.25, 0.3) is 5.91 Å². The number of hydrogen-bond donors (Lipinski definition) is 1. The lowest BCUT2D eigenvalue weighted by atomic mass is 10.0.